The zero-order valence-electron chi connectivity index (χ0n) is 10.3. The highest BCUT2D eigenvalue weighted by molar-refractivity contribution is 5.71. The normalized spacial score (nSPS) is 25.2. The van der Waals surface area contributed by atoms with Crippen LogP contribution in [0.2, 0.25) is 0 Å². The first kappa shape index (κ1) is 12.0. The average molecular weight is 265 g/mol. The number of carbonyl (C=O) groups excluding carboxylic acids is 1. The summed E-state index contributed by atoms with van der Waals surface area (Å²) in [6.45, 7) is 0.452. The molecule has 4 N–H and O–H groups in total. The largest absolute Gasteiger partial charge is 0.369 e. The minimum absolute atomic E-state index is 0.0501. The average Bonchev–Trinajstić information content (AvgIpc) is 2.95. The molecule has 102 valence electrons. The highest BCUT2D eigenvalue weighted by Gasteiger charge is 2.35. The summed E-state index contributed by atoms with van der Waals surface area (Å²) >= 11 is 0. The number of carbonyl (C=O) groups is 1. The SMILES string of the molecule is Nc1nc2c(c(=O)[nH]1)NCN2C1CCC(CC=O)O1. The van der Waals surface area contributed by atoms with Gasteiger partial charge in [0, 0.05) is 6.42 Å². The predicted octanol–water partition coefficient (Wildman–Crippen LogP) is -0.364. The number of anilines is 3. The highest BCUT2D eigenvalue weighted by atomic mass is 16.5. The third-order valence-corrected chi connectivity index (χ3v) is 3.41. The van der Waals surface area contributed by atoms with Crippen LogP contribution in [0.25, 0.3) is 0 Å². The Morgan fingerprint density at radius 1 is 1.53 bits per heavy atom. The topological polar surface area (TPSA) is 113 Å². The van der Waals surface area contributed by atoms with Crippen LogP contribution in [0, 0.1) is 0 Å². The lowest BCUT2D eigenvalue weighted by molar-refractivity contribution is -0.110. The summed E-state index contributed by atoms with van der Waals surface area (Å²) in [5.74, 6) is 0.595. The van der Waals surface area contributed by atoms with Gasteiger partial charge >= 0.3 is 0 Å². The second-order valence-electron chi connectivity index (χ2n) is 4.65. The Bertz CT molecular complexity index is 558. The van der Waals surface area contributed by atoms with Crippen molar-refractivity contribution in [3.63, 3.8) is 0 Å². The maximum absolute atomic E-state index is 11.7. The molecule has 19 heavy (non-hydrogen) atoms. The van der Waals surface area contributed by atoms with Gasteiger partial charge in [0.05, 0.1) is 12.8 Å². The van der Waals surface area contributed by atoms with Crippen LogP contribution in [0.5, 0.6) is 0 Å². The van der Waals surface area contributed by atoms with Crippen molar-refractivity contribution in [3.8, 4) is 0 Å². The number of nitrogen functional groups attached to an aromatic ring is 1. The smallest absolute Gasteiger partial charge is 0.277 e. The zero-order valence-corrected chi connectivity index (χ0v) is 10.3. The van der Waals surface area contributed by atoms with Gasteiger partial charge in [0.15, 0.2) is 5.82 Å². The third kappa shape index (κ3) is 2.03. The molecule has 8 heteroatoms. The Morgan fingerprint density at radius 2 is 2.37 bits per heavy atom. The number of hydrogen-bond donors (Lipinski definition) is 3. The molecule has 0 spiro atoms. The van der Waals surface area contributed by atoms with E-state index in [9.17, 15) is 9.59 Å². The number of nitrogens with two attached hydrogens (primary N) is 1. The van der Waals surface area contributed by atoms with Gasteiger partial charge in [-0.1, -0.05) is 0 Å². The molecular formula is C11H15N5O3. The van der Waals surface area contributed by atoms with Crippen LogP contribution in [0.15, 0.2) is 4.79 Å². The van der Waals surface area contributed by atoms with E-state index in [1.807, 2.05) is 4.90 Å². The van der Waals surface area contributed by atoms with Crippen molar-refractivity contribution in [2.24, 2.45) is 0 Å². The maximum atomic E-state index is 11.7. The van der Waals surface area contributed by atoms with Crippen molar-refractivity contribution in [2.45, 2.75) is 31.6 Å². The standard InChI is InChI=1S/C11H15N5O3/c12-11-14-9-8(10(18)15-11)13-5-16(9)7-2-1-6(19-7)3-4-17/h4,6-7,13H,1-3,5H2,(H3,12,14,15,18). The third-order valence-electron chi connectivity index (χ3n) is 3.41. The van der Waals surface area contributed by atoms with E-state index in [1.165, 1.54) is 0 Å². The first-order chi connectivity index (χ1) is 9.19. The van der Waals surface area contributed by atoms with Gasteiger partial charge in [0.25, 0.3) is 5.56 Å². The van der Waals surface area contributed by atoms with E-state index in [4.69, 9.17) is 10.5 Å². The van der Waals surface area contributed by atoms with Crippen LogP contribution >= 0.6 is 0 Å². The minimum Gasteiger partial charge on any atom is -0.369 e. The van der Waals surface area contributed by atoms with E-state index in [2.05, 4.69) is 15.3 Å². The molecular weight excluding hydrogens is 250 g/mol. The Hall–Kier alpha value is -2.09. The summed E-state index contributed by atoms with van der Waals surface area (Å²) < 4.78 is 5.78. The van der Waals surface area contributed by atoms with Gasteiger partial charge in [0.2, 0.25) is 5.95 Å². The van der Waals surface area contributed by atoms with E-state index < -0.39 is 0 Å². The molecule has 2 aliphatic heterocycles. The molecule has 3 rings (SSSR count). The molecule has 2 aliphatic rings. The zero-order chi connectivity index (χ0) is 13.4. The van der Waals surface area contributed by atoms with Crippen LogP contribution in [0.1, 0.15) is 19.3 Å². The molecule has 8 nitrogen and oxygen atoms in total. The summed E-state index contributed by atoms with van der Waals surface area (Å²) in [7, 11) is 0. The maximum Gasteiger partial charge on any atom is 0.277 e. The molecule has 0 saturated carbocycles. The Kier molecular flexibility index (Phi) is 2.86. The number of aromatic amines is 1. The van der Waals surface area contributed by atoms with Crippen LogP contribution in [0.4, 0.5) is 17.5 Å². The van der Waals surface area contributed by atoms with Gasteiger partial charge in [-0.3, -0.25) is 9.78 Å². The van der Waals surface area contributed by atoms with Gasteiger partial charge in [-0.2, -0.15) is 4.98 Å². The predicted molar refractivity (Wildman–Crippen MR) is 68.8 cm³/mol. The molecule has 0 radical (unpaired) electrons. The van der Waals surface area contributed by atoms with Gasteiger partial charge in [0.1, 0.15) is 18.2 Å². The lowest BCUT2D eigenvalue weighted by Crippen LogP contribution is -2.35. The minimum atomic E-state index is -0.285. The number of nitrogens with one attached hydrogen (secondary N) is 2. The summed E-state index contributed by atoms with van der Waals surface area (Å²) in [4.78, 5) is 30.7. The van der Waals surface area contributed by atoms with Crippen molar-refractivity contribution in [2.75, 3.05) is 22.6 Å². The number of ether oxygens (including phenoxy) is 1. The monoisotopic (exact) mass is 265 g/mol. The molecule has 2 unspecified atom stereocenters. The Morgan fingerprint density at radius 3 is 3.16 bits per heavy atom. The number of rotatable bonds is 3. The van der Waals surface area contributed by atoms with E-state index in [0.29, 0.717) is 24.6 Å². The van der Waals surface area contributed by atoms with E-state index >= 15 is 0 Å². The summed E-state index contributed by atoms with van der Waals surface area (Å²) in [6, 6.07) is 0. The molecule has 1 fully saturated rings. The second kappa shape index (κ2) is 4.54. The number of aldehydes is 1. The molecule has 3 heterocycles. The van der Waals surface area contributed by atoms with Crippen molar-refractivity contribution >= 4 is 23.7 Å². The molecule has 1 saturated heterocycles. The first-order valence-corrected chi connectivity index (χ1v) is 6.18. The lowest BCUT2D eigenvalue weighted by Gasteiger charge is -2.24. The van der Waals surface area contributed by atoms with Crippen LogP contribution in [0.3, 0.4) is 0 Å². The number of H-pyrrole nitrogens is 1. The van der Waals surface area contributed by atoms with Gasteiger partial charge in [-0.15, -0.1) is 0 Å². The molecule has 1 aromatic heterocycles. The molecule has 0 bridgehead atoms. The quantitative estimate of drug-likeness (QED) is 0.639. The van der Waals surface area contributed by atoms with Crippen LogP contribution in [-0.4, -0.2) is 35.3 Å². The fraction of sp³-hybridized carbons (Fsp3) is 0.545. The van der Waals surface area contributed by atoms with E-state index in [0.717, 1.165) is 19.1 Å². The summed E-state index contributed by atoms with van der Waals surface area (Å²) in [5.41, 5.74) is 5.69. The molecule has 0 aromatic carbocycles. The summed E-state index contributed by atoms with van der Waals surface area (Å²) in [5, 5.41) is 2.98. The first-order valence-electron chi connectivity index (χ1n) is 6.18. The van der Waals surface area contributed by atoms with Gasteiger partial charge in [-0.05, 0) is 12.8 Å². The highest BCUT2D eigenvalue weighted by Crippen LogP contribution is 2.33. The van der Waals surface area contributed by atoms with Crippen LogP contribution in [-0.2, 0) is 9.53 Å². The van der Waals surface area contributed by atoms with Crippen molar-refractivity contribution in [1.82, 2.24) is 9.97 Å². The van der Waals surface area contributed by atoms with E-state index in [1.54, 1.807) is 0 Å². The van der Waals surface area contributed by atoms with Gasteiger partial charge < -0.3 is 25.5 Å². The lowest BCUT2D eigenvalue weighted by atomic mass is 10.2. The molecule has 0 aliphatic carbocycles. The van der Waals surface area contributed by atoms with Crippen molar-refractivity contribution in [1.29, 1.82) is 0 Å². The molecule has 2 atom stereocenters. The number of hydrogen-bond acceptors (Lipinski definition) is 7. The number of aromatic nitrogens is 2. The van der Waals surface area contributed by atoms with E-state index in [-0.39, 0.29) is 23.8 Å². The number of nitrogens with zero attached hydrogens (tertiary/aromatic N) is 2. The molecule has 1 aromatic rings. The van der Waals surface area contributed by atoms with Crippen molar-refractivity contribution in [3.05, 3.63) is 10.4 Å². The van der Waals surface area contributed by atoms with Crippen LogP contribution < -0.4 is 21.5 Å². The second-order valence-corrected chi connectivity index (χ2v) is 4.65. The van der Waals surface area contributed by atoms with Gasteiger partial charge in [-0.25, -0.2) is 0 Å². The number of fused-ring (bicyclic) bond motifs is 1. The summed E-state index contributed by atoms with van der Waals surface area (Å²) in [6.07, 6.45) is 2.67. The fourth-order valence-electron chi connectivity index (χ4n) is 2.52. The molecule has 0 amide bonds. The Balaban J connectivity index is 1.83. The fourth-order valence-corrected chi connectivity index (χ4v) is 2.52. The van der Waals surface area contributed by atoms with Crippen molar-refractivity contribution < 1.29 is 9.53 Å². The Labute approximate surface area is 108 Å².